The zero-order valence-corrected chi connectivity index (χ0v) is 14.7. The lowest BCUT2D eigenvalue weighted by Crippen LogP contribution is -2.36. The van der Waals surface area contributed by atoms with Crippen LogP contribution >= 0.6 is 11.3 Å². The van der Waals surface area contributed by atoms with Gasteiger partial charge in [0, 0.05) is 24.9 Å². The number of carbonyl (C=O) groups excluding carboxylic acids is 1. The van der Waals surface area contributed by atoms with Crippen molar-refractivity contribution in [3.05, 3.63) is 11.1 Å². The van der Waals surface area contributed by atoms with Gasteiger partial charge >= 0.3 is 0 Å². The zero-order chi connectivity index (χ0) is 16.2. The van der Waals surface area contributed by atoms with Crippen LogP contribution in [0.5, 0.6) is 0 Å². The molecule has 1 N–H and O–H groups in total. The number of nitrogens with one attached hydrogen (secondary N) is 1. The molecule has 0 bridgehead atoms. The molecular weight excluding hydrogens is 322 g/mol. The highest BCUT2D eigenvalue weighted by Gasteiger charge is 2.32. The molecule has 2 rings (SSSR count). The summed E-state index contributed by atoms with van der Waals surface area (Å²) in [5.74, 6) is 0.402. The molecule has 0 radical (unpaired) electrons. The van der Waals surface area contributed by atoms with Gasteiger partial charge < -0.3 is 5.32 Å². The van der Waals surface area contributed by atoms with E-state index in [2.05, 4.69) is 22.1 Å². The molecule has 1 aliphatic heterocycles. The van der Waals surface area contributed by atoms with Crippen molar-refractivity contribution in [3.8, 4) is 0 Å². The Balaban J connectivity index is 2.03. The molecule has 8 heteroatoms. The third-order valence-electron chi connectivity index (χ3n) is 3.72. The van der Waals surface area contributed by atoms with Crippen molar-refractivity contribution in [2.75, 3.05) is 23.4 Å². The number of carbonyl (C=O) groups is 1. The van der Waals surface area contributed by atoms with Crippen LogP contribution in [0.2, 0.25) is 0 Å². The van der Waals surface area contributed by atoms with Crippen molar-refractivity contribution >= 4 is 32.2 Å². The highest BCUT2D eigenvalue weighted by Crippen LogP contribution is 2.22. The third kappa shape index (κ3) is 5.03. The van der Waals surface area contributed by atoms with E-state index >= 15 is 0 Å². The van der Waals surface area contributed by atoms with E-state index in [1.54, 1.807) is 0 Å². The fourth-order valence-electron chi connectivity index (χ4n) is 2.61. The van der Waals surface area contributed by atoms with Crippen LogP contribution in [0.15, 0.2) is 5.38 Å². The van der Waals surface area contributed by atoms with E-state index in [9.17, 15) is 13.2 Å². The fourth-order valence-corrected chi connectivity index (χ4v) is 5.12. The van der Waals surface area contributed by atoms with Crippen molar-refractivity contribution in [3.63, 3.8) is 0 Å². The maximum atomic E-state index is 11.7. The van der Waals surface area contributed by atoms with Crippen molar-refractivity contribution < 1.29 is 13.2 Å². The molecule has 1 atom stereocenters. The first-order valence-electron chi connectivity index (χ1n) is 7.56. The summed E-state index contributed by atoms with van der Waals surface area (Å²) in [6.07, 6.45) is 2.82. The quantitative estimate of drug-likeness (QED) is 0.816. The van der Waals surface area contributed by atoms with Crippen molar-refractivity contribution in [2.24, 2.45) is 0 Å². The SMILES string of the molecule is CCCCN(Cc1csc(NC(C)=O)n1)C1CCS(=O)(=O)C1. The van der Waals surface area contributed by atoms with Gasteiger partial charge in [-0.25, -0.2) is 13.4 Å². The monoisotopic (exact) mass is 345 g/mol. The van der Waals surface area contributed by atoms with E-state index in [1.165, 1.54) is 18.3 Å². The minimum atomic E-state index is -2.88. The zero-order valence-electron chi connectivity index (χ0n) is 13.0. The summed E-state index contributed by atoms with van der Waals surface area (Å²) in [7, 11) is -2.88. The lowest BCUT2D eigenvalue weighted by atomic mass is 10.2. The van der Waals surface area contributed by atoms with Gasteiger partial charge in [-0.15, -0.1) is 11.3 Å². The Bertz CT molecular complexity index is 613. The highest BCUT2D eigenvalue weighted by molar-refractivity contribution is 7.91. The lowest BCUT2D eigenvalue weighted by molar-refractivity contribution is -0.114. The van der Waals surface area contributed by atoms with Crippen molar-refractivity contribution in [1.82, 2.24) is 9.88 Å². The Kier molecular flexibility index (Phi) is 5.94. The highest BCUT2D eigenvalue weighted by atomic mass is 32.2. The molecule has 1 amide bonds. The number of amides is 1. The van der Waals surface area contributed by atoms with E-state index in [-0.39, 0.29) is 23.5 Å². The van der Waals surface area contributed by atoms with Crippen LogP contribution in [0.3, 0.4) is 0 Å². The van der Waals surface area contributed by atoms with Gasteiger partial charge in [0.05, 0.1) is 17.2 Å². The molecule has 0 aromatic carbocycles. The van der Waals surface area contributed by atoms with Crippen LogP contribution in [0.25, 0.3) is 0 Å². The topological polar surface area (TPSA) is 79.4 Å². The summed E-state index contributed by atoms with van der Waals surface area (Å²) in [4.78, 5) is 17.7. The summed E-state index contributed by atoms with van der Waals surface area (Å²) in [5, 5.41) is 5.20. The summed E-state index contributed by atoms with van der Waals surface area (Å²) in [6.45, 7) is 5.10. The van der Waals surface area contributed by atoms with Crippen LogP contribution < -0.4 is 5.32 Å². The van der Waals surface area contributed by atoms with Gasteiger partial charge in [-0.05, 0) is 19.4 Å². The van der Waals surface area contributed by atoms with Gasteiger partial charge in [0.15, 0.2) is 15.0 Å². The molecule has 124 valence electrons. The number of sulfone groups is 1. The summed E-state index contributed by atoms with van der Waals surface area (Å²) in [5.41, 5.74) is 0.883. The first kappa shape index (κ1) is 17.4. The van der Waals surface area contributed by atoms with E-state index < -0.39 is 9.84 Å². The number of nitrogens with zero attached hydrogens (tertiary/aromatic N) is 2. The molecular formula is C14H23N3O3S2. The number of thiazole rings is 1. The van der Waals surface area contributed by atoms with Gasteiger partial charge in [0.25, 0.3) is 0 Å². The first-order chi connectivity index (χ1) is 10.4. The van der Waals surface area contributed by atoms with Gasteiger partial charge in [-0.2, -0.15) is 0 Å². The maximum absolute atomic E-state index is 11.7. The normalized spacial score (nSPS) is 20.4. The lowest BCUT2D eigenvalue weighted by Gasteiger charge is -2.27. The summed E-state index contributed by atoms with van der Waals surface area (Å²) >= 11 is 1.40. The molecule has 1 aromatic heterocycles. The van der Waals surface area contributed by atoms with Crippen LogP contribution in [0.4, 0.5) is 5.13 Å². The van der Waals surface area contributed by atoms with Crippen molar-refractivity contribution in [1.29, 1.82) is 0 Å². The van der Waals surface area contributed by atoms with E-state index in [4.69, 9.17) is 0 Å². The molecule has 0 saturated carbocycles. The van der Waals surface area contributed by atoms with E-state index in [0.717, 1.165) is 25.1 Å². The number of anilines is 1. The first-order valence-corrected chi connectivity index (χ1v) is 10.3. The Morgan fingerprint density at radius 1 is 1.55 bits per heavy atom. The average molecular weight is 345 g/mol. The van der Waals surface area contributed by atoms with Crippen LogP contribution in [0, 0.1) is 0 Å². The van der Waals surface area contributed by atoms with E-state index in [0.29, 0.717) is 18.1 Å². The molecule has 1 unspecified atom stereocenters. The molecule has 1 aliphatic rings. The minimum absolute atomic E-state index is 0.0856. The van der Waals surface area contributed by atoms with Gasteiger partial charge in [0.2, 0.25) is 5.91 Å². The second kappa shape index (κ2) is 7.52. The number of rotatable bonds is 7. The molecule has 1 fully saturated rings. The largest absolute Gasteiger partial charge is 0.302 e. The Labute approximate surface area is 135 Å². The minimum Gasteiger partial charge on any atom is -0.302 e. The molecule has 0 spiro atoms. The molecule has 22 heavy (non-hydrogen) atoms. The smallest absolute Gasteiger partial charge is 0.223 e. The Morgan fingerprint density at radius 3 is 2.91 bits per heavy atom. The molecule has 0 aliphatic carbocycles. The summed E-state index contributed by atoms with van der Waals surface area (Å²) in [6, 6.07) is 0.0856. The third-order valence-corrected chi connectivity index (χ3v) is 6.28. The molecule has 6 nitrogen and oxygen atoms in total. The van der Waals surface area contributed by atoms with Crippen LogP contribution in [0.1, 0.15) is 38.8 Å². The van der Waals surface area contributed by atoms with E-state index in [1.807, 2.05) is 5.38 Å². The fraction of sp³-hybridized carbons (Fsp3) is 0.714. The molecule has 1 saturated heterocycles. The number of aromatic nitrogens is 1. The molecule has 1 aromatic rings. The van der Waals surface area contributed by atoms with Gasteiger partial charge in [0.1, 0.15) is 0 Å². The maximum Gasteiger partial charge on any atom is 0.223 e. The molecule has 2 heterocycles. The van der Waals surface area contributed by atoms with Crippen LogP contribution in [-0.2, 0) is 21.2 Å². The summed E-state index contributed by atoms with van der Waals surface area (Å²) < 4.78 is 23.4. The predicted molar refractivity (Wildman–Crippen MR) is 88.8 cm³/mol. The van der Waals surface area contributed by atoms with Crippen molar-refractivity contribution in [2.45, 2.75) is 45.7 Å². The van der Waals surface area contributed by atoms with Gasteiger partial charge in [-0.1, -0.05) is 13.3 Å². The number of unbranched alkanes of at least 4 members (excludes halogenated alkanes) is 1. The van der Waals surface area contributed by atoms with Crippen LogP contribution in [-0.4, -0.2) is 48.3 Å². The second-order valence-electron chi connectivity index (χ2n) is 5.71. The number of hydrogen-bond donors (Lipinski definition) is 1. The Hall–Kier alpha value is -0.990. The van der Waals surface area contributed by atoms with Gasteiger partial charge in [-0.3, -0.25) is 9.69 Å². The average Bonchev–Trinajstić information content (AvgIpc) is 3.00. The predicted octanol–water partition coefficient (Wildman–Crippen LogP) is 1.89. The Morgan fingerprint density at radius 2 is 2.32 bits per heavy atom. The second-order valence-corrected chi connectivity index (χ2v) is 8.79. The number of hydrogen-bond acceptors (Lipinski definition) is 6. The standard InChI is InChI=1S/C14H23N3O3S2/c1-3-4-6-17(13-5-7-22(19,20)10-13)8-12-9-21-14(16-12)15-11(2)18/h9,13H,3-8,10H2,1-2H3,(H,15,16,18).